The summed E-state index contributed by atoms with van der Waals surface area (Å²) in [5.41, 5.74) is -2.21. The summed E-state index contributed by atoms with van der Waals surface area (Å²) in [7, 11) is 0. The van der Waals surface area contributed by atoms with Crippen LogP contribution in [0.3, 0.4) is 0 Å². The molecule has 0 bridgehead atoms. The van der Waals surface area contributed by atoms with E-state index in [4.69, 9.17) is 102 Å². The predicted molar refractivity (Wildman–Crippen MR) is 157 cm³/mol. The molecule has 0 saturated carbocycles. The predicted octanol–water partition coefficient (Wildman–Crippen LogP) is 9.81. The number of halogens is 8. The fraction of sp³-hybridized carbons (Fsp3) is 0.0769. The van der Waals surface area contributed by atoms with Crippen LogP contribution in [0.25, 0.3) is 0 Å². The Balaban J connectivity index is 1.95. The van der Waals surface area contributed by atoms with Crippen LogP contribution in [0.15, 0.2) is 75.5 Å². The smallest absolute Gasteiger partial charge is 0.335 e. The van der Waals surface area contributed by atoms with Crippen molar-refractivity contribution >= 4 is 105 Å². The van der Waals surface area contributed by atoms with Crippen molar-refractivity contribution in [3.8, 4) is 11.5 Å². The molecular weight excluding hydrogens is 692 g/mol. The lowest BCUT2D eigenvalue weighted by Gasteiger charge is -2.42. The van der Waals surface area contributed by atoms with Crippen LogP contribution in [-0.4, -0.2) is 27.5 Å². The van der Waals surface area contributed by atoms with E-state index in [2.05, 4.69) is 0 Å². The fourth-order valence-electron chi connectivity index (χ4n) is 3.80. The van der Waals surface area contributed by atoms with Crippen LogP contribution in [0.5, 0.6) is 11.5 Å². The molecule has 2 N–H and O–H groups in total. The van der Waals surface area contributed by atoms with E-state index in [1.807, 2.05) is 0 Å². The number of rotatable bonds is 7. The second-order valence-electron chi connectivity index (χ2n) is 8.12. The van der Waals surface area contributed by atoms with Crippen molar-refractivity contribution in [2.45, 2.75) is 11.0 Å². The summed E-state index contributed by atoms with van der Waals surface area (Å²) in [5, 5.41) is 16.2. The molecule has 2 unspecified atom stereocenters. The van der Waals surface area contributed by atoms with Crippen LogP contribution in [0.4, 0.5) is 0 Å². The molecule has 0 heterocycles. The van der Waals surface area contributed by atoms with E-state index in [0.717, 1.165) is 0 Å². The van der Waals surface area contributed by atoms with Crippen LogP contribution in [0.2, 0.25) is 20.1 Å². The van der Waals surface area contributed by atoms with Crippen molar-refractivity contribution in [2.24, 2.45) is 0 Å². The summed E-state index contributed by atoms with van der Waals surface area (Å²) in [4.78, 5) is 23.0. The van der Waals surface area contributed by atoms with Crippen molar-refractivity contribution in [1.82, 2.24) is 0 Å². The number of allylic oxidation sites excluding steroid dienone is 1. The van der Waals surface area contributed by atoms with Gasteiger partial charge in [-0.3, -0.25) is 0 Å². The summed E-state index contributed by atoms with van der Waals surface area (Å²) < 4.78 is 12.1. The Morgan fingerprint density at radius 3 is 1.88 bits per heavy atom. The molecule has 1 aliphatic rings. The molecule has 208 valence electrons. The molecule has 4 rings (SSSR count). The summed E-state index contributed by atoms with van der Waals surface area (Å²) in [6.45, 7) is 0. The lowest BCUT2D eigenvalue weighted by atomic mass is 9.85. The maximum absolute atomic E-state index is 11.6. The first kappa shape index (κ1) is 30.9. The third-order valence-electron chi connectivity index (χ3n) is 5.68. The molecule has 0 fully saturated rings. The zero-order valence-electron chi connectivity index (χ0n) is 19.3. The van der Waals surface area contributed by atoms with Crippen molar-refractivity contribution < 1.29 is 29.3 Å². The average Bonchev–Trinajstić information content (AvgIpc) is 2.93. The highest BCUT2D eigenvalue weighted by atomic mass is 35.5. The fourth-order valence-corrected chi connectivity index (χ4v) is 6.12. The minimum Gasteiger partial charge on any atom is -0.478 e. The highest BCUT2D eigenvalue weighted by Gasteiger charge is 2.54. The summed E-state index contributed by atoms with van der Waals surface area (Å²) in [5.74, 6) is -2.55. The van der Waals surface area contributed by atoms with Crippen molar-refractivity contribution in [2.75, 3.05) is 0 Å². The average molecular weight is 704 g/mol. The van der Waals surface area contributed by atoms with Gasteiger partial charge in [0.2, 0.25) is 0 Å². The molecule has 0 aromatic heterocycles. The topological polar surface area (TPSA) is 93.1 Å². The number of aromatic carboxylic acids is 2. The number of hydrogen-bond acceptors (Lipinski definition) is 4. The molecule has 6 nitrogen and oxygen atoms in total. The molecule has 0 saturated heterocycles. The summed E-state index contributed by atoms with van der Waals surface area (Å²) in [6, 6.07) is 12.3. The van der Waals surface area contributed by atoms with Gasteiger partial charge in [0.15, 0.2) is 11.4 Å². The molecule has 1 aliphatic carbocycles. The van der Waals surface area contributed by atoms with E-state index < -0.39 is 22.9 Å². The molecule has 0 spiro atoms. The van der Waals surface area contributed by atoms with Gasteiger partial charge in [0.25, 0.3) is 0 Å². The van der Waals surface area contributed by atoms with Crippen molar-refractivity contribution in [1.29, 1.82) is 0 Å². The van der Waals surface area contributed by atoms with Gasteiger partial charge in [-0.1, -0.05) is 93.3 Å². The van der Waals surface area contributed by atoms with Gasteiger partial charge in [0, 0.05) is 5.56 Å². The first-order chi connectivity index (χ1) is 18.8. The molecule has 2 atom stereocenters. The Morgan fingerprint density at radius 1 is 0.750 bits per heavy atom. The molecular formula is C26H12Cl8O6. The zero-order valence-corrected chi connectivity index (χ0v) is 25.4. The van der Waals surface area contributed by atoms with Crippen LogP contribution < -0.4 is 9.47 Å². The SMILES string of the molecule is O=C(O)c1cccc(OC2=C(Cl)C(Cl)C(Oc3cccc(C(=O)O)c3)(c3cc(Cl)c(Cl)c(Cl)c3Cl)C(Cl)=C2Cl)c1. The number of carbonyl (C=O) groups is 2. The number of hydrogen-bond donors (Lipinski definition) is 2. The van der Waals surface area contributed by atoms with Gasteiger partial charge in [-0.25, -0.2) is 9.59 Å². The monoisotopic (exact) mass is 700 g/mol. The zero-order chi connectivity index (χ0) is 29.5. The first-order valence-corrected chi connectivity index (χ1v) is 13.8. The minimum absolute atomic E-state index is 0.00233. The Morgan fingerprint density at radius 2 is 1.30 bits per heavy atom. The van der Waals surface area contributed by atoms with E-state index in [-0.39, 0.29) is 69.1 Å². The van der Waals surface area contributed by atoms with Crippen LogP contribution in [-0.2, 0) is 5.60 Å². The Labute approximate surface area is 267 Å². The molecule has 14 heteroatoms. The summed E-state index contributed by atoms with van der Waals surface area (Å²) >= 11 is 52.7. The Kier molecular flexibility index (Phi) is 9.35. The van der Waals surface area contributed by atoms with E-state index in [9.17, 15) is 19.8 Å². The van der Waals surface area contributed by atoms with E-state index in [1.54, 1.807) is 0 Å². The van der Waals surface area contributed by atoms with Crippen LogP contribution in [0.1, 0.15) is 26.3 Å². The van der Waals surface area contributed by atoms with Gasteiger partial charge in [0.1, 0.15) is 21.9 Å². The number of carboxylic acids is 2. The van der Waals surface area contributed by atoms with Gasteiger partial charge < -0.3 is 19.7 Å². The van der Waals surface area contributed by atoms with Crippen molar-refractivity contribution in [3.05, 3.63) is 112 Å². The molecule has 3 aromatic carbocycles. The third kappa shape index (κ3) is 5.57. The van der Waals surface area contributed by atoms with Crippen molar-refractivity contribution in [3.63, 3.8) is 0 Å². The summed E-state index contributed by atoms with van der Waals surface area (Å²) in [6.07, 6.45) is 0. The first-order valence-electron chi connectivity index (χ1n) is 10.8. The maximum Gasteiger partial charge on any atom is 0.335 e. The van der Waals surface area contributed by atoms with E-state index in [1.165, 1.54) is 54.6 Å². The number of carboxylic acid groups (broad SMARTS) is 2. The van der Waals surface area contributed by atoms with Gasteiger partial charge in [0.05, 0.1) is 41.3 Å². The standard InChI is InChI=1S/C26H12Cl8O6/c27-15-9-14(16(28)18(30)17(15)29)26(40-13-6-2-4-11(8-13)25(37)38)22(33)19(31)21(20(32)23(26)34)39-12-5-1-3-10(7-12)24(35)36/h1-9,22H,(H,35,36)(H,37,38). The largest absolute Gasteiger partial charge is 0.478 e. The molecule has 0 radical (unpaired) electrons. The van der Waals surface area contributed by atoms with Crippen LogP contribution >= 0.6 is 92.8 Å². The second kappa shape index (κ2) is 12.1. The lowest BCUT2D eigenvalue weighted by Crippen LogP contribution is -2.46. The highest BCUT2D eigenvalue weighted by molar-refractivity contribution is 6.52. The molecule has 40 heavy (non-hydrogen) atoms. The molecule has 0 amide bonds. The Hall–Kier alpha value is -2.00. The minimum atomic E-state index is -2.04. The van der Waals surface area contributed by atoms with Gasteiger partial charge in [-0.2, -0.15) is 0 Å². The van der Waals surface area contributed by atoms with Gasteiger partial charge >= 0.3 is 11.9 Å². The van der Waals surface area contributed by atoms with E-state index >= 15 is 0 Å². The normalized spacial score (nSPS) is 19.1. The van der Waals surface area contributed by atoms with Crippen LogP contribution in [0, 0.1) is 0 Å². The molecule has 3 aromatic rings. The van der Waals surface area contributed by atoms with E-state index in [0.29, 0.717) is 0 Å². The highest BCUT2D eigenvalue weighted by Crippen LogP contribution is 2.56. The van der Waals surface area contributed by atoms with Gasteiger partial charge in [-0.05, 0) is 42.5 Å². The number of ether oxygens (including phenoxy) is 2. The Bertz CT molecular complexity index is 1620. The molecule has 0 aliphatic heterocycles. The quantitative estimate of drug-likeness (QED) is 0.145. The third-order valence-corrected chi connectivity index (χ3v) is 9.38. The van der Waals surface area contributed by atoms with Gasteiger partial charge in [-0.15, -0.1) is 11.6 Å². The number of benzene rings is 3. The number of alkyl halides is 1. The lowest BCUT2D eigenvalue weighted by molar-refractivity contribution is 0.0684. The maximum atomic E-state index is 11.6. The second-order valence-corrected chi connectivity index (χ2v) is 11.3.